The molecule has 1 atom stereocenters. The average Bonchev–Trinajstić information content (AvgIpc) is 2.35. The molecule has 2 rings (SSSR count). The number of hydrogen-bond acceptors (Lipinski definition) is 1. The third kappa shape index (κ3) is 2.40. The van der Waals surface area contributed by atoms with Gasteiger partial charge in [0.05, 0.1) is 0 Å². The minimum absolute atomic E-state index is 0.352. The van der Waals surface area contributed by atoms with Gasteiger partial charge in [-0.05, 0) is 54.3 Å². The van der Waals surface area contributed by atoms with Gasteiger partial charge in [0.1, 0.15) is 11.9 Å². The van der Waals surface area contributed by atoms with Gasteiger partial charge in [-0.25, -0.2) is 4.39 Å². The molecule has 18 heavy (non-hydrogen) atoms. The summed E-state index contributed by atoms with van der Waals surface area (Å²) < 4.78 is 13.3. The summed E-state index contributed by atoms with van der Waals surface area (Å²) in [6.45, 7) is 3.69. The first-order valence-electron chi connectivity index (χ1n) is 5.70. The van der Waals surface area contributed by atoms with Crippen molar-refractivity contribution >= 4 is 11.6 Å². The predicted molar refractivity (Wildman–Crippen MR) is 71.4 cm³/mol. The van der Waals surface area contributed by atoms with Gasteiger partial charge in [0.25, 0.3) is 0 Å². The number of benzene rings is 2. The summed E-state index contributed by atoms with van der Waals surface area (Å²) in [5.41, 5.74) is 2.94. The molecule has 0 saturated heterocycles. The molecule has 0 fully saturated rings. The summed E-state index contributed by atoms with van der Waals surface area (Å²) in [6.07, 6.45) is -0.862. The van der Waals surface area contributed by atoms with Crippen molar-refractivity contribution in [1.82, 2.24) is 0 Å². The first-order chi connectivity index (χ1) is 8.50. The number of rotatable bonds is 2. The molecule has 3 heteroatoms. The molecule has 0 bridgehead atoms. The SMILES string of the molecule is Cc1ccc(F)cc1C(O)c1cccc(Cl)c1C. The van der Waals surface area contributed by atoms with Crippen LogP contribution in [0.25, 0.3) is 0 Å². The molecule has 94 valence electrons. The second-order valence-electron chi connectivity index (χ2n) is 4.36. The van der Waals surface area contributed by atoms with E-state index in [0.29, 0.717) is 16.1 Å². The van der Waals surface area contributed by atoms with Crippen molar-refractivity contribution in [3.05, 3.63) is 69.5 Å². The second kappa shape index (κ2) is 5.09. The number of hydrogen-bond donors (Lipinski definition) is 1. The third-order valence-electron chi connectivity index (χ3n) is 3.14. The van der Waals surface area contributed by atoms with Crippen molar-refractivity contribution < 1.29 is 9.50 Å². The van der Waals surface area contributed by atoms with Gasteiger partial charge < -0.3 is 5.11 Å². The summed E-state index contributed by atoms with van der Waals surface area (Å²) in [4.78, 5) is 0. The van der Waals surface area contributed by atoms with E-state index >= 15 is 0 Å². The van der Waals surface area contributed by atoms with Gasteiger partial charge in [-0.2, -0.15) is 0 Å². The van der Waals surface area contributed by atoms with E-state index in [1.807, 2.05) is 13.8 Å². The number of aryl methyl sites for hydroxylation is 1. The van der Waals surface area contributed by atoms with Gasteiger partial charge in [-0.1, -0.05) is 29.8 Å². The van der Waals surface area contributed by atoms with Crippen LogP contribution in [0, 0.1) is 19.7 Å². The van der Waals surface area contributed by atoms with Gasteiger partial charge in [-0.3, -0.25) is 0 Å². The molecule has 0 saturated carbocycles. The zero-order chi connectivity index (χ0) is 13.3. The molecule has 1 unspecified atom stereocenters. The highest BCUT2D eigenvalue weighted by molar-refractivity contribution is 6.31. The monoisotopic (exact) mass is 264 g/mol. The van der Waals surface area contributed by atoms with Gasteiger partial charge in [-0.15, -0.1) is 0 Å². The van der Waals surface area contributed by atoms with Crippen molar-refractivity contribution in [1.29, 1.82) is 0 Å². The van der Waals surface area contributed by atoms with E-state index < -0.39 is 6.10 Å². The first-order valence-corrected chi connectivity index (χ1v) is 6.07. The van der Waals surface area contributed by atoms with Crippen LogP contribution in [-0.4, -0.2) is 5.11 Å². The molecule has 0 aliphatic carbocycles. The summed E-state index contributed by atoms with van der Waals surface area (Å²) in [5, 5.41) is 11.0. The fourth-order valence-electron chi connectivity index (χ4n) is 1.99. The Balaban J connectivity index is 2.51. The van der Waals surface area contributed by atoms with Crippen LogP contribution in [-0.2, 0) is 0 Å². The van der Waals surface area contributed by atoms with E-state index in [1.165, 1.54) is 12.1 Å². The van der Waals surface area contributed by atoms with E-state index in [2.05, 4.69) is 0 Å². The lowest BCUT2D eigenvalue weighted by Crippen LogP contribution is -2.04. The third-order valence-corrected chi connectivity index (χ3v) is 3.55. The van der Waals surface area contributed by atoms with Crippen LogP contribution in [0.3, 0.4) is 0 Å². The number of aliphatic hydroxyl groups is 1. The van der Waals surface area contributed by atoms with Gasteiger partial charge in [0.15, 0.2) is 0 Å². The lowest BCUT2D eigenvalue weighted by atomic mass is 9.94. The summed E-state index contributed by atoms with van der Waals surface area (Å²) in [7, 11) is 0. The topological polar surface area (TPSA) is 20.2 Å². The molecule has 0 aromatic heterocycles. The molecule has 0 aliphatic heterocycles. The Labute approximate surface area is 111 Å². The molecule has 0 aliphatic rings. The zero-order valence-corrected chi connectivity index (χ0v) is 11.0. The first kappa shape index (κ1) is 13.1. The lowest BCUT2D eigenvalue weighted by molar-refractivity contribution is 0.218. The van der Waals surface area contributed by atoms with Crippen LogP contribution in [0.2, 0.25) is 5.02 Å². The van der Waals surface area contributed by atoms with Crippen LogP contribution in [0.1, 0.15) is 28.4 Å². The molecule has 1 N–H and O–H groups in total. The fourth-order valence-corrected chi connectivity index (χ4v) is 2.18. The Morgan fingerprint density at radius 2 is 1.83 bits per heavy atom. The van der Waals surface area contributed by atoms with Crippen molar-refractivity contribution in [2.75, 3.05) is 0 Å². The van der Waals surface area contributed by atoms with E-state index in [1.54, 1.807) is 24.3 Å². The predicted octanol–water partition coefficient (Wildman–Crippen LogP) is 4.18. The van der Waals surface area contributed by atoms with Gasteiger partial charge in [0, 0.05) is 5.02 Å². The van der Waals surface area contributed by atoms with E-state index in [4.69, 9.17) is 11.6 Å². The number of aliphatic hydroxyl groups excluding tert-OH is 1. The summed E-state index contributed by atoms with van der Waals surface area (Å²) in [5.74, 6) is -0.352. The van der Waals surface area contributed by atoms with Crippen molar-refractivity contribution in [2.24, 2.45) is 0 Å². The van der Waals surface area contributed by atoms with Gasteiger partial charge >= 0.3 is 0 Å². The maximum Gasteiger partial charge on any atom is 0.123 e. The summed E-state index contributed by atoms with van der Waals surface area (Å²) in [6, 6.07) is 9.76. The average molecular weight is 265 g/mol. The van der Waals surface area contributed by atoms with E-state index in [0.717, 1.165) is 11.1 Å². The largest absolute Gasteiger partial charge is 0.384 e. The van der Waals surface area contributed by atoms with Crippen molar-refractivity contribution in [2.45, 2.75) is 20.0 Å². The quantitative estimate of drug-likeness (QED) is 0.863. The highest BCUT2D eigenvalue weighted by atomic mass is 35.5. The maximum atomic E-state index is 13.3. The molecular formula is C15H14ClFO. The Bertz CT molecular complexity index is 579. The van der Waals surface area contributed by atoms with Crippen LogP contribution >= 0.6 is 11.6 Å². The van der Waals surface area contributed by atoms with E-state index in [-0.39, 0.29) is 5.82 Å². The Morgan fingerprint density at radius 3 is 2.56 bits per heavy atom. The van der Waals surface area contributed by atoms with Crippen LogP contribution in [0.5, 0.6) is 0 Å². The smallest absolute Gasteiger partial charge is 0.123 e. The lowest BCUT2D eigenvalue weighted by Gasteiger charge is -2.17. The fraction of sp³-hybridized carbons (Fsp3) is 0.200. The van der Waals surface area contributed by atoms with Gasteiger partial charge in [0.2, 0.25) is 0 Å². The molecule has 1 nitrogen and oxygen atoms in total. The Hall–Kier alpha value is -1.38. The molecule has 0 amide bonds. The van der Waals surface area contributed by atoms with E-state index in [9.17, 15) is 9.50 Å². The van der Waals surface area contributed by atoms with Crippen molar-refractivity contribution in [3.8, 4) is 0 Å². The van der Waals surface area contributed by atoms with Crippen LogP contribution in [0.4, 0.5) is 4.39 Å². The second-order valence-corrected chi connectivity index (χ2v) is 4.76. The molecule has 2 aromatic carbocycles. The molecule has 0 radical (unpaired) electrons. The molecular weight excluding hydrogens is 251 g/mol. The standard InChI is InChI=1S/C15H14ClFO/c1-9-6-7-11(17)8-13(9)15(18)12-4-3-5-14(16)10(12)2/h3-8,15,18H,1-2H3. The maximum absolute atomic E-state index is 13.3. The van der Waals surface area contributed by atoms with Crippen LogP contribution < -0.4 is 0 Å². The summed E-state index contributed by atoms with van der Waals surface area (Å²) >= 11 is 6.03. The zero-order valence-electron chi connectivity index (χ0n) is 10.2. The highest BCUT2D eigenvalue weighted by Crippen LogP contribution is 2.30. The molecule has 0 heterocycles. The Morgan fingerprint density at radius 1 is 1.11 bits per heavy atom. The molecule has 2 aromatic rings. The Kier molecular flexibility index (Phi) is 3.69. The minimum atomic E-state index is -0.862. The normalized spacial score (nSPS) is 12.5. The minimum Gasteiger partial charge on any atom is -0.384 e. The van der Waals surface area contributed by atoms with Crippen molar-refractivity contribution in [3.63, 3.8) is 0 Å². The van der Waals surface area contributed by atoms with Crippen LogP contribution in [0.15, 0.2) is 36.4 Å². The molecule has 0 spiro atoms. The highest BCUT2D eigenvalue weighted by Gasteiger charge is 2.16. The number of halogens is 2.